The van der Waals surface area contributed by atoms with Crippen LogP contribution in [0.4, 0.5) is 0 Å². The van der Waals surface area contributed by atoms with Gasteiger partial charge in [-0.15, -0.1) is 0 Å². The van der Waals surface area contributed by atoms with Gasteiger partial charge in [0, 0.05) is 6.54 Å². The highest BCUT2D eigenvalue weighted by molar-refractivity contribution is 5.28. The molecule has 0 radical (unpaired) electrons. The van der Waals surface area contributed by atoms with Crippen molar-refractivity contribution in [2.75, 3.05) is 0 Å². The van der Waals surface area contributed by atoms with E-state index in [-0.39, 0.29) is 6.04 Å². The fourth-order valence-electron chi connectivity index (χ4n) is 2.41. The normalized spacial score (nSPS) is 12.6. The van der Waals surface area contributed by atoms with Gasteiger partial charge in [-0.25, -0.2) is 0 Å². The number of nitrogens with one attached hydrogen (secondary N) is 1. The second kappa shape index (κ2) is 5.99. The molecule has 1 atom stereocenters. The van der Waals surface area contributed by atoms with Gasteiger partial charge in [0.05, 0.1) is 17.4 Å². The number of hydrogen-bond acceptors (Lipinski definition) is 3. The Morgan fingerprint density at radius 2 is 2.05 bits per heavy atom. The van der Waals surface area contributed by atoms with Gasteiger partial charge in [-0.2, -0.15) is 5.10 Å². The molecule has 0 aliphatic rings. The molecule has 2 aromatic rings. The number of nitrogens with zero attached hydrogens (tertiary/aromatic N) is 2. The quantitative estimate of drug-likeness (QED) is 0.639. The third kappa shape index (κ3) is 3.03. The van der Waals surface area contributed by atoms with E-state index >= 15 is 0 Å². The average molecular weight is 258 g/mol. The Bertz CT molecular complexity index is 545. The predicted octanol–water partition coefficient (Wildman–Crippen LogP) is 2.27. The molecule has 1 aromatic carbocycles. The van der Waals surface area contributed by atoms with Gasteiger partial charge in [-0.3, -0.25) is 16.0 Å². The molecule has 4 nitrogen and oxygen atoms in total. The maximum atomic E-state index is 5.74. The van der Waals surface area contributed by atoms with Gasteiger partial charge >= 0.3 is 0 Å². The Hall–Kier alpha value is -1.65. The first-order chi connectivity index (χ1) is 9.15. The summed E-state index contributed by atoms with van der Waals surface area (Å²) in [5, 5.41) is 4.48. The summed E-state index contributed by atoms with van der Waals surface area (Å²) in [5.74, 6) is 5.74. The van der Waals surface area contributed by atoms with Gasteiger partial charge in [-0.1, -0.05) is 24.3 Å². The minimum atomic E-state index is 0.0854. The molecule has 1 aromatic heterocycles. The molecule has 19 heavy (non-hydrogen) atoms. The van der Waals surface area contributed by atoms with E-state index in [2.05, 4.69) is 54.7 Å². The van der Waals surface area contributed by atoms with Crippen molar-refractivity contribution in [2.24, 2.45) is 5.84 Å². The summed E-state index contributed by atoms with van der Waals surface area (Å²) in [6, 6.07) is 10.6. The van der Waals surface area contributed by atoms with E-state index in [0.29, 0.717) is 0 Å². The summed E-state index contributed by atoms with van der Waals surface area (Å²) in [5.41, 5.74) is 7.70. The fraction of sp³-hybridized carbons (Fsp3) is 0.400. The Kier molecular flexibility index (Phi) is 4.35. The zero-order chi connectivity index (χ0) is 13.8. The molecule has 2 rings (SSSR count). The summed E-state index contributed by atoms with van der Waals surface area (Å²) in [6.45, 7) is 7.09. The molecule has 0 aliphatic carbocycles. The van der Waals surface area contributed by atoms with Crippen LogP contribution in [0.15, 0.2) is 30.3 Å². The number of hydrogen-bond donors (Lipinski definition) is 2. The van der Waals surface area contributed by atoms with E-state index in [9.17, 15) is 0 Å². The number of rotatable bonds is 5. The van der Waals surface area contributed by atoms with Gasteiger partial charge in [0.15, 0.2) is 0 Å². The molecule has 0 aliphatic heterocycles. The molecule has 4 heteroatoms. The monoisotopic (exact) mass is 258 g/mol. The molecular formula is C15H22N4. The Balaban J connectivity index is 2.27. The van der Waals surface area contributed by atoms with Crippen LogP contribution in [0.2, 0.25) is 0 Å². The van der Waals surface area contributed by atoms with Crippen LogP contribution in [0.5, 0.6) is 0 Å². The van der Waals surface area contributed by atoms with E-state index < -0.39 is 0 Å². The highest BCUT2D eigenvalue weighted by Crippen LogP contribution is 2.20. The number of aryl methyl sites for hydroxylation is 3. The minimum absolute atomic E-state index is 0.0854. The van der Waals surface area contributed by atoms with E-state index in [1.807, 2.05) is 11.6 Å². The number of benzene rings is 1. The van der Waals surface area contributed by atoms with Crippen molar-refractivity contribution in [1.82, 2.24) is 15.2 Å². The molecule has 0 saturated carbocycles. The molecular weight excluding hydrogens is 236 g/mol. The predicted molar refractivity (Wildman–Crippen MR) is 77.6 cm³/mol. The van der Waals surface area contributed by atoms with Crippen molar-refractivity contribution >= 4 is 0 Å². The largest absolute Gasteiger partial charge is 0.271 e. The molecule has 1 unspecified atom stereocenters. The minimum Gasteiger partial charge on any atom is -0.271 e. The lowest BCUT2D eigenvalue weighted by atomic mass is 9.99. The first-order valence-corrected chi connectivity index (χ1v) is 6.70. The summed E-state index contributed by atoms with van der Waals surface area (Å²) in [6.07, 6.45) is 0.869. The summed E-state index contributed by atoms with van der Waals surface area (Å²) in [4.78, 5) is 0. The van der Waals surface area contributed by atoms with Crippen molar-refractivity contribution in [3.8, 4) is 0 Å². The summed E-state index contributed by atoms with van der Waals surface area (Å²) < 4.78 is 2.01. The second-order valence-electron chi connectivity index (χ2n) is 4.88. The molecule has 3 N–H and O–H groups in total. The lowest BCUT2D eigenvalue weighted by molar-refractivity contribution is 0.489. The molecule has 0 spiro atoms. The molecule has 0 fully saturated rings. The van der Waals surface area contributed by atoms with Crippen molar-refractivity contribution in [2.45, 2.75) is 39.8 Å². The molecule has 1 heterocycles. The Labute approximate surface area is 114 Å². The van der Waals surface area contributed by atoms with Crippen LogP contribution in [0.25, 0.3) is 0 Å². The second-order valence-corrected chi connectivity index (χ2v) is 4.88. The van der Waals surface area contributed by atoms with Crippen molar-refractivity contribution in [3.05, 3.63) is 52.8 Å². The van der Waals surface area contributed by atoms with Crippen LogP contribution < -0.4 is 11.3 Å². The lowest BCUT2D eigenvalue weighted by Gasteiger charge is -2.18. The van der Waals surface area contributed by atoms with Crippen molar-refractivity contribution in [3.63, 3.8) is 0 Å². The lowest BCUT2D eigenvalue weighted by Crippen LogP contribution is -2.31. The van der Waals surface area contributed by atoms with E-state index in [0.717, 1.165) is 24.4 Å². The molecule has 102 valence electrons. The van der Waals surface area contributed by atoms with Gasteiger partial charge in [-0.05, 0) is 44.4 Å². The molecule has 0 saturated heterocycles. The molecule has 0 bridgehead atoms. The van der Waals surface area contributed by atoms with Gasteiger partial charge in [0.25, 0.3) is 0 Å². The first kappa shape index (κ1) is 13.8. The van der Waals surface area contributed by atoms with Crippen LogP contribution in [0.1, 0.15) is 35.5 Å². The Morgan fingerprint density at radius 1 is 1.32 bits per heavy atom. The third-order valence-electron chi connectivity index (χ3n) is 3.48. The standard InChI is InChI=1S/C15H22N4/c1-4-19-15(9-12(3)18-19)14(17-16)10-13-8-6-5-7-11(13)2/h5-9,14,17H,4,10,16H2,1-3H3. The number of nitrogens with two attached hydrogens (primary N) is 1. The van der Waals surface area contributed by atoms with Gasteiger partial charge < -0.3 is 0 Å². The van der Waals surface area contributed by atoms with Crippen LogP contribution in [0, 0.1) is 13.8 Å². The summed E-state index contributed by atoms with van der Waals surface area (Å²) >= 11 is 0. The summed E-state index contributed by atoms with van der Waals surface area (Å²) in [7, 11) is 0. The van der Waals surface area contributed by atoms with Gasteiger partial charge in [0.2, 0.25) is 0 Å². The maximum Gasteiger partial charge on any atom is 0.0669 e. The van der Waals surface area contributed by atoms with Crippen molar-refractivity contribution < 1.29 is 0 Å². The molecule has 0 amide bonds. The van der Waals surface area contributed by atoms with Crippen molar-refractivity contribution in [1.29, 1.82) is 0 Å². The van der Waals surface area contributed by atoms with Crippen LogP contribution in [-0.4, -0.2) is 9.78 Å². The SMILES string of the molecule is CCn1nc(C)cc1C(Cc1ccccc1C)NN. The zero-order valence-corrected chi connectivity index (χ0v) is 11.9. The highest BCUT2D eigenvalue weighted by atomic mass is 15.3. The van der Waals surface area contributed by atoms with E-state index in [1.165, 1.54) is 11.1 Å². The van der Waals surface area contributed by atoms with Gasteiger partial charge in [0.1, 0.15) is 0 Å². The third-order valence-corrected chi connectivity index (χ3v) is 3.48. The van der Waals surface area contributed by atoms with E-state index in [1.54, 1.807) is 0 Å². The first-order valence-electron chi connectivity index (χ1n) is 6.70. The highest BCUT2D eigenvalue weighted by Gasteiger charge is 2.16. The average Bonchev–Trinajstić information content (AvgIpc) is 2.79. The van der Waals surface area contributed by atoms with Crippen LogP contribution >= 0.6 is 0 Å². The van der Waals surface area contributed by atoms with E-state index in [4.69, 9.17) is 5.84 Å². The smallest absolute Gasteiger partial charge is 0.0669 e. The fourth-order valence-corrected chi connectivity index (χ4v) is 2.41. The zero-order valence-electron chi connectivity index (χ0n) is 11.9. The topological polar surface area (TPSA) is 55.9 Å². The Morgan fingerprint density at radius 3 is 2.68 bits per heavy atom. The number of hydrazine groups is 1. The number of aromatic nitrogens is 2. The van der Waals surface area contributed by atoms with Crippen LogP contribution in [-0.2, 0) is 13.0 Å². The maximum absolute atomic E-state index is 5.74. The van der Waals surface area contributed by atoms with Crippen LogP contribution in [0.3, 0.4) is 0 Å².